The van der Waals surface area contributed by atoms with Gasteiger partial charge in [0, 0.05) is 24.6 Å². The van der Waals surface area contributed by atoms with Gasteiger partial charge in [0.15, 0.2) is 17.7 Å². The van der Waals surface area contributed by atoms with E-state index in [0.717, 1.165) is 19.2 Å². The number of aromatic nitrogens is 3. The molecule has 2 aromatic heterocycles. The van der Waals surface area contributed by atoms with E-state index >= 15 is 0 Å². The molecule has 1 aliphatic rings. The molecule has 13 heteroatoms. The summed E-state index contributed by atoms with van der Waals surface area (Å²) in [6.45, 7) is 0.724. The largest absolute Gasteiger partial charge is 0.463 e. The second-order valence-electron chi connectivity index (χ2n) is 6.67. The summed E-state index contributed by atoms with van der Waals surface area (Å²) in [4.78, 5) is 23.1. The van der Waals surface area contributed by atoms with Crippen LogP contribution in [0, 0.1) is 11.7 Å². The van der Waals surface area contributed by atoms with E-state index in [1.807, 2.05) is 0 Å². The second-order valence-corrected chi connectivity index (χ2v) is 6.67. The first-order chi connectivity index (χ1) is 13.9. The number of carbonyl (C=O) groups excluding carboxylic acids is 1. The Morgan fingerprint density at radius 2 is 1.90 bits per heavy atom. The van der Waals surface area contributed by atoms with E-state index in [0.29, 0.717) is 0 Å². The molecule has 0 aromatic carbocycles. The molecule has 1 saturated carbocycles. The van der Waals surface area contributed by atoms with Crippen molar-refractivity contribution in [1.29, 1.82) is 0 Å². The predicted octanol–water partition coefficient (Wildman–Crippen LogP) is 3.50. The van der Waals surface area contributed by atoms with E-state index in [9.17, 15) is 31.1 Å². The third kappa shape index (κ3) is 5.07. The van der Waals surface area contributed by atoms with E-state index in [-0.39, 0.29) is 17.1 Å². The summed E-state index contributed by atoms with van der Waals surface area (Å²) in [5, 5.41) is 0. The summed E-state index contributed by atoms with van der Waals surface area (Å²) in [5.41, 5.74) is 4.93. The first-order valence-corrected chi connectivity index (χ1v) is 8.59. The fourth-order valence-electron chi connectivity index (χ4n) is 2.50. The first kappa shape index (κ1) is 21.6. The van der Waals surface area contributed by atoms with Crippen molar-refractivity contribution in [2.75, 3.05) is 5.43 Å². The lowest BCUT2D eigenvalue weighted by Crippen LogP contribution is -2.46. The van der Waals surface area contributed by atoms with E-state index in [1.54, 1.807) is 0 Å². The summed E-state index contributed by atoms with van der Waals surface area (Å²) in [7, 11) is 0. The smallest absolute Gasteiger partial charge is 0.425 e. The Hall–Kier alpha value is -3.12. The van der Waals surface area contributed by atoms with Crippen LogP contribution in [-0.2, 0) is 4.79 Å². The lowest BCUT2D eigenvalue weighted by Gasteiger charge is -2.33. The molecule has 1 fully saturated rings. The molecule has 1 amide bonds. The topological polar surface area (TPSA) is 89.0 Å². The minimum atomic E-state index is -4.67. The lowest BCUT2D eigenvalue weighted by atomic mass is 9.81. The second kappa shape index (κ2) is 7.95. The fraction of sp³-hybridized carbons (Fsp3) is 0.412. The van der Waals surface area contributed by atoms with E-state index in [2.05, 4.69) is 30.5 Å². The highest BCUT2D eigenvalue weighted by molar-refractivity contribution is 5.80. The Morgan fingerprint density at radius 1 is 1.20 bits per heavy atom. The number of hydrogen-bond acceptors (Lipinski definition) is 6. The molecule has 7 nitrogen and oxygen atoms in total. The minimum absolute atomic E-state index is 0.0885. The van der Waals surface area contributed by atoms with Crippen LogP contribution < -0.4 is 15.6 Å². The Labute approximate surface area is 165 Å². The number of hydrogen-bond donors (Lipinski definition) is 2. The molecule has 0 unspecified atom stereocenters. The molecule has 162 valence electrons. The van der Waals surface area contributed by atoms with Crippen LogP contribution in [0.15, 0.2) is 24.7 Å². The average molecular weight is 435 g/mol. The molecule has 0 radical (unpaired) electrons. The summed E-state index contributed by atoms with van der Waals surface area (Å²) in [6, 6.07) is 0.890. The van der Waals surface area contributed by atoms with Crippen LogP contribution >= 0.6 is 0 Å². The fourth-order valence-corrected chi connectivity index (χ4v) is 2.50. The highest BCUT2D eigenvalue weighted by Gasteiger charge is 2.48. The van der Waals surface area contributed by atoms with E-state index in [4.69, 9.17) is 0 Å². The quantitative estimate of drug-likeness (QED) is 0.534. The maximum absolute atomic E-state index is 14.0. The first-order valence-electron chi connectivity index (χ1n) is 8.59. The van der Waals surface area contributed by atoms with Gasteiger partial charge in [-0.05, 0) is 13.0 Å². The van der Waals surface area contributed by atoms with Gasteiger partial charge in [-0.25, -0.2) is 23.1 Å². The Bertz CT molecular complexity index is 914. The van der Waals surface area contributed by atoms with Gasteiger partial charge in [0.1, 0.15) is 0 Å². The highest BCUT2D eigenvalue weighted by atomic mass is 19.4. The van der Waals surface area contributed by atoms with Gasteiger partial charge in [-0.15, -0.1) is 0 Å². The van der Waals surface area contributed by atoms with Crippen LogP contribution in [0.5, 0.6) is 5.88 Å². The third-order valence-electron chi connectivity index (χ3n) is 4.28. The molecule has 30 heavy (non-hydrogen) atoms. The van der Waals surface area contributed by atoms with Gasteiger partial charge in [-0.1, -0.05) is 0 Å². The van der Waals surface area contributed by atoms with Gasteiger partial charge in [-0.2, -0.15) is 13.2 Å². The molecule has 2 N–H and O–H groups in total. The van der Waals surface area contributed by atoms with Crippen molar-refractivity contribution in [2.45, 2.75) is 38.0 Å². The molecule has 0 bridgehead atoms. The molecule has 0 spiro atoms. The van der Waals surface area contributed by atoms with E-state index in [1.165, 1.54) is 12.4 Å². The van der Waals surface area contributed by atoms with Crippen molar-refractivity contribution in [2.24, 2.45) is 5.92 Å². The SMILES string of the molecule is C[C@@H](Oc1ncc(-c2cnc(NNC(=O)C3CC(F)(F)C3)cn2)cc1F)C(F)(F)F. The van der Waals surface area contributed by atoms with Gasteiger partial charge in [0.25, 0.3) is 5.88 Å². The summed E-state index contributed by atoms with van der Waals surface area (Å²) >= 11 is 0. The van der Waals surface area contributed by atoms with Gasteiger partial charge < -0.3 is 4.74 Å². The molecule has 2 aromatic rings. The summed E-state index contributed by atoms with van der Waals surface area (Å²) in [6.07, 6.45) is -4.51. The highest BCUT2D eigenvalue weighted by Crippen LogP contribution is 2.42. The Balaban J connectivity index is 1.59. The van der Waals surface area contributed by atoms with Gasteiger partial charge in [-0.3, -0.25) is 20.6 Å². The van der Waals surface area contributed by atoms with Gasteiger partial charge in [0.05, 0.1) is 24.0 Å². The molecule has 2 heterocycles. The normalized spacial score (nSPS) is 17.0. The number of carbonyl (C=O) groups is 1. The molecular weight excluding hydrogens is 420 g/mol. The van der Waals surface area contributed by atoms with Crippen LogP contribution in [0.25, 0.3) is 11.3 Å². The van der Waals surface area contributed by atoms with Crippen molar-refractivity contribution in [3.8, 4) is 17.1 Å². The monoisotopic (exact) mass is 435 g/mol. The number of nitrogens with one attached hydrogen (secondary N) is 2. The molecule has 1 atom stereocenters. The van der Waals surface area contributed by atoms with Crippen molar-refractivity contribution < 1.29 is 35.9 Å². The average Bonchev–Trinajstić information content (AvgIpc) is 2.65. The van der Waals surface area contributed by atoms with Crippen LogP contribution in [0.1, 0.15) is 19.8 Å². The number of pyridine rings is 1. The number of anilines is 1. The molecule has 0 saturated heterocycles. The Kier molecular flexibility index (Phi) is 5.72. The number of nitrogens with zero attached hydrogens (tertiary/aromatic N) is 3. The van der Waals surface area contributed by atoms with Crippen LogP contribution in [-0.4, -0.2) is 39.1 Å². The number of ether oxygens (including phenoxy) is 1. The predicted molar refractivity (Wildman–Crippen MR) is 90.8 cm³/mol. The van der Waals surface area contributed by atoms with Crippen LogP contribution in [0.4, 0.5) is 32.2 Å². The lowest BCUT2D eigenvalue weighted by molar-refractivity contribution is -0.190. The maximum atomic E-state index is 14.0. The number of halogens is 6. The number of rotatable bonds is 6. The van der Waals surface area contributed by atoms with Crippen LogP contribution in [0.3, 0.4) is 0 Å². The zero-order valence-electron chi connectivity index (χ0n) is 15.3. The summed E-state index contributed by atoms with van der Waals surface area (Å²) < 4.78 is 81.6. The van der Waals surface area contributed by atoms with Crippen LogP contribution in [0.2, 0.25) is 0 Å². The molecule has 3 rings (SSSR count). The number of alkyl halides is 5. The van der Waals surface area contributed by atoms with Gasteiger partial charge in [0.2, 0.25) is 11.8 Å². The molecule has 0 aliphatic heterocycles. The Morgan fingerprint density at radius 3 is 2.43 bits per heavy atom. The molecule has 1 aliphatic carbocycles. The zero-order chi connectivity index (χ0) is 22.1. The zero-order valence-corrected chi connectivity index (χ0v) is 15.3. The summed E-state index contributed by atoms with van der Waals surface area (Å²) in [5.74, 6) is -6.06. The third-order valence-corrected chi connectivity index (χ3v) is 4.28. The van der Waals surface area contributed by atoms with Gasteiger partial charge >= 0.3 is 6.18 Å². The standard InChI is InChI=1S/C17H15F6N5O2/c1-8(17(21,22)23)30-15-11(18)2-9(5-26-15)12-6-25-13(7-24-12)27-28-14(29)10-3-16(19,20)4-10/h2,5-8,10H,3-4H2,1H3,(H,25,27)(H,28,29)/t8-/m1/s1. The van der Waals surface area contributed by atoms with Crippen molar-refractivity contribution >= 4 is 11.7 Å². The van der Waals surface area contributed by atoms with Crippen molar-refractivity contribution in [3.05, 3.63) is 30.5 Å². The maximum Gasteiger partial charge on any atom is 0.425 e. The van der Waals surface area contributed by atoms with Crippen molar-refractivity contribution in [3.63, 3.8) is 0 Å². The van der Waals surface area contributed by atoms with Crippen molar-refractivity contribution in [1.82, 2.24) is 20.4 Å². The minimum Gasteiger partial charge on any atom is -0.463 e. The molecular formula is C17H15F6N5O2. The number of amides is 1. The van der Waals surface area contributed by atoms with E-state index < -0.39 is 54.6 Å². The number of hydrazine groups is 1.